The number of nitrogens with one attached hydrogen (secondary N) is 1. The number of piperidine rings is 2. The molecule has 2 aliphatic rings. The van der Waals surface area contributed by atoms with Crippen LogP contribution in [0, 0.1) is 11.8 Å². The summed E-state index contributed by atoms with van der Waals surface area (Å²) in [6.45, 7) is 5.50. The summed E-state index contributed by atoms with van der Waals surface area (Å²) in [5.41, 5.74) is 0. The van der Waals surface area contributed by atoms with Gasteiger partial charge >= 0.3 is 12.0 Å². The monoisotopic (exact) mass is 297 g/mol. The smallest absolute Gasteiger partial charge is 0.317 e. The van der Waals surface area contributed by atoms with Gasteiger partial charge < -0.3 is 20.2 Å². The standard InChI is InChI=1S/C15H27N3O3/c1-11-9-17(2)7-5-13(11)16-15(21)18-6-3-4-12(10-18)8-14(19)20/h11-13H,3-10H2,1-2H3,(H,16,21)(H,19,20). The van der Waals surface area contributed by atoms with Gasteiger partial charge in [0.1, 0.15) is 0 Å². The van der Waals surface area contributed by atoms with Crippen LogP contribution in [0.3, 0.4) is 0 Å². The van der Waals surface area contributed by atoms with Gasteiger partial charge in [0.05, 0.1) is 0 Å². The third-order valence-corrected chi connectivity index (χ3v) is 4.69. The molecule has 0 bridgehead atoms. The minimum Gasteiger partial charge on any atom is -0.481 e. The van der Waals surface area contributed by atoms with Gasteiger partial charge in [0.15, 0.2) is 0 Å². The van der Waals surface area contributed by atoms with Crippen LogP contribution < -0.4 is 5.32 Å². The predicted octanol–water partition coefficient (Wildman–Crippen LogP) is 1.22. The number of carbonyl (C=O) groups excluding carboxylic acids is 1. The largest absolute Gasteiger partial charge is 0.481 e. The Morgan fingerprint density at radius 2 is 2.00 bits per heavy atom. The molecule has 0 saturated carbocycles. The third kappa shape index (κ3) is 4.59. The molecule has 3 unspecified atom stereocenters. The molecule has 2 N–H and O–H groups in total. The lowest BCUT2D eigenvalue weighted by atomic mass is 9.93. The first-order valence-electron chi connectivity index (χ1n) is 7.91. The Balaban J connectivity index is 1.83. The van der Waals surface area contributed by atoms with Gasteiger partial charge in [-0.1, -0.05) is 6.92 Å². The number of rotatable bonds is 3. The molecular weight excluding hydrogens is 270 g/mol. The van der Waals surface area contributed by atoms with Crippen molar-refractivity contribution >= 4 is 12.0 Å². The average molecular weight is 297 g/mol. The fourth-order valence-corrected chi connectivity index (χ4v) is 3.48. The molecule has 6 heteroatoms. The van der Waals surface area contributed by atoms with Crippen LogP contribution in [-0.4, -0.2) is 66.2 Å². The average Bonchev–Trinajstić information content (AvgIpc) is 2.41. The van der Waals surface area contributed by atoms with E-state index >= 15 is 0 Å². The van der Waals surface area contributed by atoms with E-state index in [0.717, 1.165) is 38.9 Å². The summed E-state index contributed by atoms with van der Waals surface area (Å²) in [7, 11) is 2.11. The Labute approximate surface area is 126 Å². The number of carboxylic acid groups (broad SMARTS) is 1. The first-order valence-corrected chi connectivity index (χ1v) is 7.91. The van der Waals surface area contributed by atoms with Crippen LogP contribution >= 0.6 is 0 Å². The Hall–Kier alpha value is -1.30. The Morgan fingerprint density at radius 3 is 2.67 bits per heavy atom. The highest BCUT2D eigenvalue weighted by Gasteiger charge is 2.29. The van der Waals surface area contributed by atoms with Crippen molar-refractivity contribution < 1.29 is 14.7 Å². The van der Waals surface area contributed by atoms with Gasteiger partial charge in [-0.3, -0.25) is 4.79 Å². The van der Waals surface area contributed by atoms with Crippen molar-refractivity contribution in [1.29, 1.82) is 0 Å². The minimum absolute atomic E-state index is 0.0218. The number of amides is 2. The second kappa shape index (κ2) is 7.11. The molecule has 3 atom stereocenters. The molecule has 2 aliphatic heterocycles. The molecule has 0 spiro atoms. The number of carboxylic acids is 1. The molecule has 0 aliphatic carbocycles. The molecule has 21 heavy (non-hydrogen) atoms. The fourth-order valence-electron chi connectivity index (χ4n) is 3.48. The summed E-state index contributed by atoms with van der Waals surface area (Å²) in [5.74, 6) is -0.226. The van der Waals surface area contributed by atoms with Crippen LogP contribution in [0.25, 0.3) is 0 Å². The molecular formula is C15H27N3O3. The van der Waals surface area contributed by atoms with E-state index in [1.807, 2.05) is 0 Å². The van der Waals surface area contributed by atoms with Crippen molar-refractivity contribution in [3.05, 3.63) is 0 Å². The maximum atomic E-state index is 12.4. The van der Waals surface area contributed by atoms with Gasteiger partial charge in [-0.25, -0.2) is 4.79 Å². The summed E-state index contributed by atoms with van der Waals surface area (Å²) in [6.07, 6.45) is 2.94. The number of aliphatic carboxylic acids is 1. The number of urea groups is 1. The Kier molecular flexibility index (Phi) is 5.45. The normalized spacial score (nSPS) is 31.0. The lowest BCUT2D eigenvalue weighted by Crippen LogP contribution is -2.54. The zero-order valence-electron chi connectivity index (χ0n) is 13.0. The quantitative estimate of drug-likeness (QED) is 0.821. The van der Waals surface area contributed by atoms with Crippen molar-refractivity contribution in [3.63, 3.8) is 0 Å². The van der Waals surface area contributed by atoms with Crippen LogP contribution in [0.4, 0.5) is 4.79 Å². The summed E-state index contributed by atoms with van der Waals surface area (Å²) >= 11 is 0. The second-order valence-corrected chi connectivity index (χ2v) is 6.64. The summed E-state index contributed by atoms with van der Waals surface area (Å²) in [4.78, 5) is 27.3. The fraction of sp³-hybridized carbons (Fsp3) is 0.867. The molecule has 0 aromatic carbocycles. The lowest BCUT2D eigenvalue weighted by Gasteiger charge is -2.38. The zero-order valence-corrected chi connectivity index (χ0v) is 13.0. The molecule has 120 valence electrons. The van der Waals surface area contributed by atoms with Gasteiger partial charge in [0.2, 0.25) is 0 Å². The SMILES string of the molecule is CC1CN(C)CCC1NC(=O)N1CCCC(CC(=O)O)C1. The molecule has 0 radical (unpaired) electrons. The lowest BCUT2D eigenvalue weighted by molar-refractivity contribution is -0.138. The minimum atomic E-state index is -0.772. The number of likely N-dealkylation sites (tertiary alicyclic amines) is 2. The molecule has 2 rings (SSSR count). The number of nitrogens with zero attached hydrogens (tertiary/aromatic N) is 2. The Bertz CT molecular complexity index is 388. The number of hydrogen-bond donors (Lipinski definition) is 2. The highest BCUT2D eigenvalue weighted by molar-refractivity contribution is 5.75. The predicted molar refractivity (Wildman–Crippen MR) is 80.1 cm³/mol. The van der Waals surface area contributed by atoms with E-state index in [4.69, 9.17) is 5.11 Å². The maximum Gasteiger partial charge on any atom is 0.317 e. The maximum absolute atomic E-state index is 12.4. The van der Waals surface area contributed by atoms with E-state index < -0.39 is 5.97 Å². The van der Waals surface area contributed by atoms with Crippen LogP contribution in [-0.2, 0) is 4.79 Å². The van der Waals surface area contributed by atoms with Crippen molar-refractivity contribution in [3.8, 4) is 0 Å². The molecule has 2 amide bonds. The first kappa shape index (κ1) is 16.1. The van der Waals surface area contributed by atoms with E-state index in [2.05, 4.69) is 24.2 Å². The van der Waals surface area contributed by atoms with E-state index in [1.165, 1.54) is 0 Å². The zero-order chi connectivity index (χ0) is 15.4. The highest BCUT2D eigenvalue weighted by Crippen LogP contribution is 2.21. The molecule has 0 aromatic rings. The summed E-state index contributed by atoms with van der Waals surface area (Å²) < 4.78 is 0. The van der Waals surface area contributed by atoms with E-state index in [-0.39, 0.29) is 24.4 Å². The van der Waals surface area contributed by atoms with Gasteiger partial charge in [-0.2, -0.15) is 0 Å². The number of hydrogen-bond acceptors (Lipinski definition) is 3. The van der Waals surface area contributed by atoms with Crippen LogP contribution in [0.15, 0.2) is 0 Å². The van der Waals surface area contributed by atoms with Gasteiger partial charge in [0, 0.05) is 32.1 Å². The molecule has 2 saturated heterocycles. The van der Waals surface area contributed by atoms with Crippen molar-refractivity contribution in [1.82, 2.24) is 15.1 Å². The van der Waals surface area contributed by atoms with Crippen molar-refractivity contribution in [2.75, 3.05) is 33.2 Å². The highest BCUT2D eigenvalue weighted by atomic mass is 16.4. The van der Waals surface area contributed by atoms with Gasteiger partial charge in [0.25, 0.3) is 0 Å². The van der Waals surface area contributed by atoms with E-state index in [0.29, 0.717) is 12.5 Å². The van der Waals surface area contributed by atoms with Crippen LogP contribution in [0.2, 0.25) is 0 Å². The van der Waals surface area contributed by atoms with E-state index in [9.17, 15) is 9.59 Å². The van der Waals surface area contributed by atoms with Crippen molar-refractivity contribution in [2.24, 2.45) is 11.8 Å². The summed E-state index contributed by atoms with van der Waals surface area (Å²) in [6, 6.07) is 0.208. The van der Waals surface area contributed by atoms with Gasteiger partial charge in [-0.15, -0.1) is 0 Å². The summed E-state index contributed by atoms with van der Waals surface area (Å²) in [5, 5.41) is 12.0. The molecule has 0 aromatic heterocycles. The Morgan fingerprint density at radius 1 is 1.24 bits per heavy atom. The number of carbonyl (C=O) groups is 2. The molecule has 6 nitrogen and oxygen atoms in total. The van der Waals surface area contributed by atoms with E-state index in [1.54, 1.807) is 4.90 Å². The molecule has 2 fully saturated rings. The molecule has 2 heterocycles. The second-order valence-electron chi connectivity index (χ2n) is 6.64. The first-order chi connectivity index (χ1) is 9.95. The van der Waals surface area contributed by atoms with Gasteiger partial charge in [-0.05, 0) is 44.7 Å². The van der Waals surface area contributed by atoms with Crippen LogP contribution in [0.5, 0.6) is 0 Å². The van der Waals surface area contributed by atoms with Crippen molar-refractivity contribution in [2.45, 2.75) is 38.6 Å². The third-order valence-electron chi connectivity index (χ3n) is 4.69. The topological polar surface area (TPSA) is 72.9 Å². The van der Waals surface area contributed by atoms with Crippen LogP contribution in [0.1, 0.15) is 32.6 Å².